The van der Waals surface area contributed by atoms with Crippen molar-refractivity contribution in [3.8, 4) is 0 Å². The van der Waals surface area contributed by atoms with E-state index >= 15 is 0 Å². The van der Waals surface area contributed by atoms with Crippen LogP contribution in [-0.4, -0.2) is 50.1 Å². The summed E-state index contributed by atoms with van der Waals surface area (Å²) in [5.74, 6) is 0.465. The Bertz CT molecular complexity index is 798. The number of nitrogens with zero attached hydrogens (tertiary/aromatic N) is 1. The number of hydrogen-bond donors (Lipinski definition) is 2. The van der Waals surface area contributed by atoms with Crippen molar-refractivity contribution in [2.75, 3.05) is 24.5 Å². The van der Waals surface area contributed by atoms with E-state index in [0.29, 0.717) is 42.7 Å². The van der Waals surface area contributed by atoms with Crippen molar-refractivity contribution in [2.45, 2.75) is 57.9 Å². The largest absolute Gasteiger partial charge is 0.371 e. The lowest BCUT2D eigenvalue weighted by Gasteiger charge is -2.41. The highest BCUT2D eigenvalue weighted by Crippen LogP contribution is 2.27. The van der Waals surface area contributed by atoms with Gasteiger partial charge in [0.15, 0.2) is 6.29 Å². The summed E-state index contributed by atoms with van der Waals surface area (Å²) in [5, 5.41) is 5.94. The highest BCUT2D eigenvalue weighted by Gasteiger charge is 2.29. The van der Waals surface area contributed by atoms with Crippen LogP contribution in [0.5, 0.6) is 0 Å². The molecule has 1 aromatic rings. The molecule has 1 heterocycles. The third-order valence-corrected chi connectivity index (χ3v) is 6.37. The standard InChI is InChI=1S/C24H33N3O4/c1-17(6-5-11-28)26-24(31)22-10-9-21(12-20(22)16-29)27-14-18(15-27)13-25-23(30)19-7-3-2-4-8-19/h9-12,16-19H,2-8,13-15H2,1H3,(H,25,30)(H,26,31). The minimum absolute atomic E-state index is 0.142. The smallest absolute Gasteiger partial charge is 0.252 e. The molecule has 0 radical (unpaired) electrons. The van der Waals surface area contributed by atoms with Gasteiger partial charge in [-0.25, -0.2) is 0 Å². The maximum absolute atomic E-state index is 12.5. The van der Waals surface area contributed by atoms with Crippen LogP contribution in [0.15, 0.2) is 18.2 Å². The monoisotopic (exact) mass is 427 g/mol. The van der Waals surface area contributed by atoms with Gasteiger partial charge in [-0.05, 0) is 44.4 Å². The van der Waals surface area contributed by atoms with Crippen LogP contribution in [0.4, 0.5) is 5.69 Å². The highest BCUT2D eigenvalue weighted by molar-refractivity contribution is 6.02. The number of aldehydes is 2. The van der Waals surface area contributed by atoms with Crippen LogP contribution in [0.3, 0.4) is 0 Å². The first-order chi connectivity index (χ1) is 15.0. The minimum Gasteiger partial charge on any atom is -0.371 e. The van der Waals surface area contributed by atoms with E-state index in [0.717, 1.165) is 50.7 Å². The predicted molar refractivity (Wildman–Crippen MR) is 119 cm³/mol. The van der Waals surface area contributed by atoms with Gasteiger partial charge >= 0.3 is 0 Å². The zero-order valence-corrected chi connectivity index (χ0v) is 18.3. The maximum atomic E-state index is 12.5. The van der Waals surface area contributed by atoms with Gasteiger partial charge in [-0.3, -0.25) is 14.4 Å². The maximum Gasteiger partial charge on any atom is 0.252 e. The van der Waals surface area contributed by atoms with Crippen molar-refractivity contribution in [1.29, 1.82) is 0 Å². The lowest BCUT2D eigenvalue weighted by Crippen LogP contribution is -2.52. The molecule has 0 spiro atoms. The number of amides is 2. The van der Waals surface area contributed by atoms with E-state index in [2.05, 4.69) is 15.5 Å². The number of hydrogen-bond acceptors (Lipinski definition) is 5. The first-order valence-electron chi connectivity index (χ1n) is 11.4. The highest BCUT2D eigenvalue weighted by atomic mass is 16.2. The van der Waals surface area contributed by atoms with Crippen LogP contribution in [-0.2, 0) is 9.59 Å². The molecule has 7 heteroatoms. The molecule has 2 N–H and O–H groups in total. The van der Waals surface area contributed by atoms with Crippen molar-refractivity contribution in [3.63, 3.8) is 0 Å². The molecule has 31 heavy (non-hydrogen) atoms. The summed E-state index contributed by atoms with van der Waals surface area (Å²) < 4.78 is 0. The lowest BCUT2D eigenvalue weighted by atomic mass is 9.88. The zero-order chi connectivity index (χ0) is 22.2. The fraction of sp³-hybridized carbons (Fsp3) is 0.583. The summed E-state index contributed by atoms with van der Waals surface area (Å²) in [7, 11) is 0. The molecule has 1 atom stereocenters. The summed E-state index contributed by atoms with van der Waals surface area (Å²) in [6, 6.07) is 5.14. The number of rotatable bonds is 10. The number of anilines is 1. The SMILES string of the molecule is CC(CCC=O)NC(=O)c1ccc(N2CC(CNC(=O)C3CCCCC3)C2)cc1C=O. The van der Waals surface area contributed by atoms with Crippen LogP contribution in [0.25, 0.3) is 0 Å². The molecule has 2 fully saturated rings. The Morgan fingerprint density at radius 3 is 2.58 bits per heavy atom. The number of nitrogens with one attached hydrogen (secondary N) is 2. The Morgan fingerprint density at radius 2 is 1.90 bits per heavy atom. The van der Waals surface area contributed by atoms with E-state index in [1.807, 2.05) is 13.0 Å². The average Bonchev–Trinajstić information content (AvgIpc) is 2.76. The number of benzene rings is 1. The van der Waals surface area contributed by atoms with Gasteiger partial charge in [-0.15, -0.1) is 0 Å². The molecule has 168 valence electrons. The predicted octanol–water partition coefficient (Wildman–Crippen LogP) is 2.73. The van der Waals surface area contributed by atoms with E-state index in [4.69, 9.17) is 0 Å². The fourth-order valence-electron chi connectivity index (χ4n) is 4.41. The lowest BCUT2D eigenvalue weighted by molar-refractivity contribution is -0.126. The molecule has 1 aliphatic carbocycles. The molecule has 1 unspecified atom stereocenters. The molecule has 0 bridgehead atoms. The second-order valence-electron chi connectivity index (χ2n) is 8.86. The van der Waals surface area contributed by atoms with Gasteiger partial charge < -0.3 is 20.3 Å². The van der Waals surface area contributed by atoms with E-state index in [1.165, 1.54) is 6.42 Å². The second-order valence-corrected chi connectivity index (χ2v) is 8.86. The van der Waals surface area contributed by atoms with E-state index in [1.54, 1.807) is 12.1 Å². The van der Waals surface area contributed by atoms with Crippen LogP contribution in [0.2, 0.25) is 0 Å². The van der Waals surface area contributed by atoms with Crippen LogP contribution in [0.1, 0.15) is 72.6 Å². The summed E-state index contributed by atoms with van der Waals surface area (Å²) in [4.78, 5) is 49.0. The molecule has 1 aromatic carbocycles. The topological polar surface area (TPSA) is 95.6 Å². The minimum atomic E-state index is -0.307. The fourth-order valence-corrected chi connectivity index (χ4v) is 4.41. The molecule has 1 saturated carbocycles. The Morgan fingerprint density at radius 1 is 1.16 bits per heavy atom. The summed E-state index contributed by atoms with van der Waals surface area (Å²) in [5.41, 5.74) is 1.60. The molecule has 0 aromatic heterocycles. The van der Waals surface area contributed by atoms with Gasteiger partial charge in [0.1, 0.15) is 6.29 Å². The van der Waals surface area contributed by atoms with Gasteiger partial charge in [-0.2, -0.15) is 0 Å². The van der Waals surface area contributed by atoms with Gasteiger partial charge in [0, 0.05) is 60.7 Å². The Kier molecular flexibility index (Phi) is 8.20. The molecule has 2 aliphatic rings. The van der Waals surface area contributed by atoms with Crippen molar-refractivity contribution in [1.82, 2.24) is 10.6 Å². The van der Waals surface area contributed by atoms with Crippen LogP contribution < -0.4 is 15.5 Å². The average molecular weight is 428 g/mol. The normalized spacial score (nSPS) is 18.0. The van der Waals surface area contributed by atoms with Gasteiger partial charge in [0.25, 0.3) is 5.91 Å². The second kappa shape index (κ2) is 11.1. The van der Waals surface area contributed by atoms with Gasteiger partial charge in [0.05, 0.1) is 0 Å². The summed E-state index contributed by atoms with van der Waals surface area (Å²) in [6.07, 6.45) is 8.05. The third-order valence-electron chi connectivity index (χ3n) is 6.37. The zero-order valence-electron chi connectivity index (χ0n) is 18.3. The van der Waals surface area contributed by atoms with Crippen molar-refractivity contribution < 1.29 is 19.2 Å². The Balaban J connectivity index is 1.49. The first kappa shape index (κ1) is 23.0. The van der Waals surface area contributed by atoms with E-state index < -0.39 is 0 Å². The molecule has 7 nitrogen and oxygen atoms in total. The Hall–Kier alpha value is -2.70. The van der Waals surface area contributed by atoms with Crippen molar-refractivity contribution >= 4 is 30.1 Å². The Labute approximate surface area is 183 Å². The summed E-state index contributed by atoms with van der Waals surface area (Å²) >= 11 is 0. The third kappa shape index (κ3) is 6.15. The molecule has 1 saturated heterocycles. The van der Waals surface area contributed by atoms with Gasteiger partial charge in [0.2, 0.25) is 5.91 Å². The van der Waals surface area contributed by atoms with Crippen molar-refractivity contribution in [2.24, 2.45) is 11.8 Å². The van der Waals surface area contributed by atoms with E-state index in [-0.39, 0.29) is 23.8 Å². The number of carbonyl (C=O) groups is 4. The van der Waals surface area contributed by atoms with E-state index in [9.17, 15) is 19.2 Å². The molecule has 2 amide bonds. The van der Waals surface area contributed by atoms with Gasteiger partial charge in [-0.1, -0.05) is 19.3 Å². The molecular weight excluding hydrogens is 394 g/mol. The molecular formula is C24H33N3O4. The molecule has 3 rings (SSSR count). The first-order valence-corrected chi connectivity index (χ1v) is 11.4. The molecule has 1 aliphatic heterocycles. The number of carbonyl (C=O) groups excluding carboxylic acids is 4. The quantitative estimate of drug-likeness (QED) is 0.560. The summed E-state index contributed by atoms with van der Waals surface area (Å²) in [6.45, 7) is 4.16. The van der Waals surface area contributed by atoms with Crippen LogP contribution >= 0.6 is 0 Å². The van der Waals surface area contributed by atoms with Crippen LogP contribution in [0, 0.1) is 11.8 Å². The van der Waals surface area contributed by atoms with Crippen molar-refractivity contribution in [3.05, 3.63) is 29.3 Å².